The summed E-state index contributed by atoms with van der Waals surface area (Å²) < 4.78 is 4.77. The highest BCUT2D eigenvalue weighted by Gasteiger charge is 2.24. The Morgan fingerprint density at radius 2 is 2.14 bits per heavy atom. The summed E-state index contributed by atoms with van der Waals surface area (Å²) in [5.41, 5.74) is 0. The molecule has 0 N–H and O–H groups in total. The Morgan fingerprint density at radius 1 is 1.50 bits per heavy atom. The first-order valence-corrected chi connectivity index (χ1v) is 4.72. The average Bonchev–Trinajstić information content (AvgIpc) is 2.16. The average molecular weight is 193 g/mol. The molecule has 0 radical (unpaired) electrons. The molecule has 76 valence electrons. The SMILES string of the molecule is CCC#CC(C)C(C#N)C(=O)OCC. The van der Waals surface area contributed by atoms with E-state index < -0.39 is 11.9 Å². The van der Waals surface area contributed by atoms with E-state index in [0.29, 0.717) is 6.61 Å². The fraction of sp³-hybridized carbons (Fsp3) is 0.636. The molecule has 2 atom stereocenters. The molecular formula is C11H15NO2. The summed E-state index contributed by atoms with van der Waals surface area (Å²) in [5, 5.41) is 8.77. The van der Waals surface area contributed by atoms with E-state index in [-0.39, 0.29) is 5.92 Å². The van der Waals surface area contributed by atoms with Gasteiger partial charge in [-0.3, -0.25) is 4.79 Å². The minimum atomic E-state index is -0.769. The third kappa shape index (κ3) is 3.96. The van der Waals surface area contributed by atoms with Gasteiger partial charge in [0.25, 0.3) is 0 Å². The molecule has 3 nitrogen and oxygen atoms in total. The summed E-state index contributed by atoms with van der Waals surface area (Å²) in [7, 11) is 0. The van der Waals surface area contributed by atoms with Crippen LogP contribution in [0.15, 0.2) is 0 Å². The maximum atomic E-state index is 11.3. The lowest BCUT2D eigenvalue weighted by molar-refractivity contribution is -0.146. The molecule has 0 heterocycles. The van der Waals surface area contributed by atoms with E-state index >= 15 is 0 Å². The maximum Gasteiger partial charge on any atom is 0.324 e. The van der Waals surface area contributed by atoms with Gasteiger partial charge in [0.2, 0.25) is 0 Å². The quantitative estimate of drug-likeness (QED) is 0.506. The number of carbonyl (C=O) groups is 1. The molecule has 14 heavy (non-hydrogen) atoms. The van der Waals surface area contributed by atoms with Crippen molar-refractivity contribution in [2.75, 3.05) is 6.61 Å². The molecule has 0 saturated heterocycles. The van der Waals surface area contributed by atoms with Crippen molar-refractivity contribution in [2.45, 2.75) is 27.2 Å². The van der Waals surface area contributed by atoms with Crippen LogP contribution in [0.5, 0.6) is 0 Å². The zero-order valence-electron chi connectivity index (χ0n) is 8.83. The molecule has 2 unspecified atom stereocenters. The Kier molecular flexibility index (Phi) is 6.24. The van der Waals surface area contributed by atoms with Crippen molar-refractivity contribution in [2.24, 2.45) is 11.8 Å². The molecule has 0 aromatic rings. The van der Waals surface area contributed by atoms with Gasteiger partial charge in [0.15, 0.2) is 5.92 Å². The lowest BCUT2D eigenvalue weighted by atomic mass is 9.96. The number of carbonyl (C=O) groups excluding carboxylic acids is 1. The smallest absolute Gasteiger partial charge is 0.324 e. The second-order valence-electron chi connectivity index (χ2n) is 2.82. The zero-order valence-corrected chi connectivity index (χ0v) is 8.83. The third-order valence-electron chi connectivity index (χ3n) is 1.69. The number of hydrogen-bond acceptors (Lipinski definition) is 3. The van der Waals surface area contributed by atoms with Crippen molar-refractivity contribution in [3.05, 3.63) is 0 Å². The van der Waals surface area contributed by atoms with E-state index in [9.17, 15) is 4.79 Å². The molecule has 0 aliphatic heterocycles. The topological polar surface area (TPSA) is 50.1 Å². The van der Waals surface area contributed by atoms with Gasteiger partial charge in [-0.2, -0.15) is 5.26 Å². The lowest BCUT2D eigenvalue weighted by Crippen LogP contribution is -2.22. The molecule has 0 spiro atoms. The zero-order chi connectivity index (χ0) is 11.0. The van der Waals surface area contributed by atoms with E-state index in [1.807, 2.05) is 13.0 Å². The molecular weight excluding hydrogens is 178 g/mol. The van der Waals surface area contributed by atoms with Crippen molar-refractivity contribution in [1.29, 1.82) is 5.26 Å². The van der Waals surface area contributed by atoms with Crippen LogP contribution in [0.4, 0.5) is 0 Å². The number of nitriles is 1. The molecule has 0 rings (SSSR count). The summed E-state index contributed by atoms with van der Waals surface area (Å²) in [5.74, 6) is 4.19. The Balaban J connectivity index is 4.41. The van der Waals surface area contributed by atoms with Gasteiger partial charge >= 0.3 is 5.97 Å². The van der Waals surface area contributed by atoms with Crippen LogP contribution in [-0.2, 0) is 9.53 Å². The molecule has 0 fully saturated rings. The number of nitrogens with zero attached hydrogens (tertiary/aromatic N) is 1. The minimum absolute atomic E-state index is 0.265. The van der Waals surface area contributed by atoms with Crippen LogP contribution in [-0.4, -0.2) is 12.6 Å². The van der Waals surface area contributed by atoms with Gasteiger partial charge < -0.3 is 4.74 Å². The highest BCUT2D eigenvalue weighted by atomic mass is 16.5. The summed E-state index contributed by atoms with van der Waals surface area (Å²) >= 11 is 0. The first-order valence-electron chi connectivity index (χ1n) is 4.72. The second-order valence-corrected chi connectivity index (χ2v) is 2.82. The summed E-state index contributed by atoms with van der Waals surface area (Å²) in [6, 6.07) is 1.92. The van der Waals surface area contributed by atoms with Gasteiger partial charge in [-0.15, -0.1) is 5.92 Å². The normalized spacial score (nSPS) is 13.0. The fourth-order valence-electron chi connectivity index (χ4n) is 0.947. The van der Waals surface area contributed by atoms with E-state index in [0.717, 1.165) is 6.42 Å². The van der Waals surface area contributed by atoms with E-state index in [2.05, 4.69) is 11.8 Å². The van der Waals surface area contributed by atoms with Gasteiger partial charge in [-0.05, 0) is 13.8 Å². The van der Waals surface area contributed by atoms with E-state index in [1.165, 1.54) is 0 Å². The Labute approximate surface area is 85.1 Å². The van der Waals surface area contributed by atoms with Crippen molar-refractivity contribution in [3.63, 3.8) is 0 Å². The van der Waals surface area contributed by atoms with Crippen LogP contribution in [0.25, 0.3) is 0 Å². The predicted octanol–water partition coefficient (Wildman–Crippen LogP) is 1.74. The fourth-order valence-corrected chi connectivity index (χ4v) is 0.947. The van der Waals surface area contributed by atoms with Crippen LogP contribution in [0.2, 0.25) is 0 Å². The van der Waals surface area contributed by atoms with Gasteiger partial charge in [-0.25, -0.2) is 0 Å². The molecule has 3 heteroatoms. The van der Waals surface area contributed by atoms with Crippen LogP contribution < -0.4 is 0 Å². The summed E-state index contributed by atoms with van der Waals surface area (Å²) in [6.45, 7) is 5.69. The minimum Gasteiger partial charge on any atom is -0.465 e. The summed E-state index contributed by atoms with van der Waals surface area (Å²) in [6.07, 6.45) is 0.727. The first kappa shape index (κ1) is 12.5. The third-order valence-corrected chi connectivity index (χ3v) is 1.69. The Morgan fingerprint density at radius 3 is 2.57 bits per heavy atom. The first-order chi connectivity index (χ1) is 6.67. The highest BCUT2D eigenvalue weighted by molar-refractivity contribution is 5.76. The number of hydrogen-bond donors (Lipinski definition) is 0. The standard InChI is InChI=1S/C11H15NO2/c1-4-6-7-9(3)10(8-12)11(13)14-5-2/h9-10H,4-5H2,1-3H3. The van der Waals surface area contributed by atoms with Crippen LogP contribution in [0.1, 0.15) is 27.2 Å². The van der Waals surface area contributed by atoms with Crippen LogP contribution in [0, 0.1) is 35.0 Å². The van der Waals surface area contributed by atoms with Crippen LogP contribution in [0.3, 0.4) is 0 Å². The molecule has 0 bridgehead atoms. The molecule has 0 aromatic carbocycles. The van der Waals surface area contributed by atoms with Gasteiger partial charge in [0.1, 0.15) is 0 Å². The van der Waals surface area contributed by atoms with Crippen molar-refractivity contribution >= 4 is 5.97 Å². The van der Waals surface area contributed by atoms with E-state index in [1.54, 1.807) is 13.8 Å². The van der Waals surface area contributed by atoms with E-state index in [4.69, 9.17) is 10.00 Å². The second kappa shape index (κ2) is 6.97. The summed E-state index contributed by atoms with van der Waals surface area (Å²) in [4.78, 5) is 11.3. The molecule has 0 aliphatic carbocycles. The molecule has 0 amide bonds. The number of ether oxygens (including phenoxy) is 1. The molecule has 0 saturated carbocycles. The van der Waals surface area contributed by atoms with Crippen molar-refractivity contribution < 1.29 is 9.53 Å². The monoisotopic (exact) mass is 193 g/mol. The van der Waals surface area contributed by atoms with Gasteiger partial charge in [0.05, 0.1) is 12.7 Å². The van der Waals surface area contributed by atoms with Gasteiger partial charge in [0, 0.05) is 12.3 Å². The van der Waals surface area contributed by atoms with Crippen molar-refractivity contribution in [3.8, 4) is 17.9 Å². The Bertz CT molecular complexity index is 280. The highest BCUT2D eigenvalue weighted by Crippen LogP contribution is 2.11. The van der Waals surface area contributed by atoms with Crippen LogP contribution >= 0.6 is 0 Å². The Hall–Kier alpha value is -1.48. The van der Waals surface area contributed by atoms with Gasteiger partial charge in [-0.1, -0.05) is 12.8 Å². The number of rotatable bonds is 3. The molecule has 0 aliphatic rings. The maximum absolute atomic E-state index is 11.3. The molecule has 0 aromatic heterocycles. The predicted molar refractivity (Wildman–Crippen MR) is 53.0 cm³/mol. The van der Waals surface area contributed by atoms with Crippen molar-refractivity contribution in [1.82, 2.24) is 0 Å². The number of esters is 1. The lowest BCUT2D eigenvalue weighted by Gasteiger charge is -2.10. The largest absolute Gasteiger partial charge is 0.465 e.